The molecule has 0 aliphatic carbocycles. The Morgan fingerprint density at radius 2 is 1.96 bits per heavy atom. The molecule has 0 bridgehead atoms. The highest BCUT2D eigenvalue weighted by Crippen LogP contribution is 2.19. The number of amides is 1. The van der Waals surface area contributed by atoms with Crippen LogP contribution in [0.4, 0.5) is 0 Å². The van der Waals surface area contributed by atoms with Gasteiger partial charge in [-0.3, -0.25) is 14.4 Å². The fourth-order valence-corrected chi connectivity index (χ4v) is 2.49. The molecule has 23 heavy (non-hydrogen) atoms. The predicted octanol–water partition coefficient (Wildman–Crippen LogP) is 1.89. The Labute approximate surface area is 133 Å². The number of ketones is 1. The number of carboxylic acid groups (broad SMARTS) is 1. The molecule has 2 aromatic rings. The van der Waals surface area contributed by atoms with Gasteiger partial charge in [0.25, 0.3) is 0 Å². The zero-order valence-electron chi connectivity index (χ0n) is 13.1. The lowest BCUT2D eigenvalue weighted by atomic mass is 10.0. The third-order valence-electron chi connectivity index (χ3n) is 3.83. The van der Waals surface area contributed by atoms with Crippen LogP contribution in [0.2, 0.25) is 0 Å². The van der Waals surface area contributed by atoms with Crippen LogP contribution in [0.25, 0.3) is 10.9 Å². The standard InChI is InChI=1S/C17H20N2O4/c1-10(7-16(21)22)17(23)19-15(11(2)20)8-12-9-18-14-6-4-3-5-13(12)14/h3-6,9-10,15,18H,7-8H2,1-2H3,(H,19,23)(H,21,22)/t10-,15-/m0/s1. The molecule has 2 rings (SSSR count). The Kier molecular flexibility index (Phi) is 5.16. The van der Waals surface area contributed by atoms with Crippen molar-refractivity contribution in [2.45, 2.75) is 32.7 Å². The zero-order chi connectivity index (χ0) is 17.0. The van der Waals surface area contributed by atoms with Crippen molar-refractivity contribution < 1.29 is 19.5 Å². The number of para-hydroxylation sites is 1. The van der Waals surface area contributed by atoms with Crippen molar-refractivity contribution in [3.63, 3.8) is 0 Å². The van der Waals surface area contributed by atoms with Gasteiger partial charge in [0.2, 0.25) is 5.91 Å². The minimum Gasteiger partial charge on any atom is -0.481 e. The predicted molar refractivity (Wildman–Crippen MR) is 86.0 cm³/mol. The summed E-state index contributed by atoms with van der Waals surface area (Å²) in [6.07, 6.45) is 1.93. The maximum atomic E-state index is 12.1. The number of aromatic amines is 1. The summed E-state index contributed by atoms with van der Waals surface area (Å²) in [5.41, 5.74) is 1.90. The SMILES string of the molecule is CC(=O)[C@H](Cc1c[nH]c2ccccc12)NC(=O)[C@@H](C)CC(=O)O. The van der Waals surface area contributed by atoms with E-state index in [4.69, 9.17) is 5.11 Å². The van der Waals surface area contributed by atoms with Crippen LogP contribution in [0.1, 0.15) is 25.8 Å². The first kappa shape index (κ1) is 16.7. The second kappa shape index (κ2) is 7.09. The monoisotopic (exact) mass is 316 g/mol. The molecule has 0 unspecified atom stereocenters. The summed E-state index contributed by atoms with van der Waals surface area (Å²) < 4.78 is 0. The van der Waals surface area contributed by atoms with Crippen molar-refractivity contribution in [3.8, 4) is 0 Å². The van der Waals surface area contributed by atoms with Gasteiger partial charge in [-0.05, 0) is 18.6 Å². The summed E-state index contributed by atoms with van der Waals surface area (Å²) in [4.78, 5) is 37.7. The number of Topliss-reactive ketones (excluding diaryl/α,β-unsaturated/α-hetero) is 1. The van der Waals surface area contributed by atoms with Gasteiger partial charge in [-0.15, -0.1) is 0 Å². The van der Waals surface area contributed by atoms with Crippen LogP contribution in [0.15, 0.2) is 30.5 Å². The number of benzene rings is 1. The topological polar surface area (TPSA) is 99.3 Å². The quantitative estimate of drug-likeness (QED) is 0.726. The second-order valence-corrected chi connectivity index (χ2v) is 5.73. The molecule has 1 aromatic carbocycles. The fraction of sp³-hybridized carbons (Fsp3) is 0.353. The maximum absolute atomic E-state index is 12.1. The van der Waals surface area contributed by atoms with E-state index in [-0.39, 0.29) is 12.2 Å². The van der Waals surface area contributed by atoms with Gasteiger partial charge >= 0.3 is 5.97 Å². The summed E-state index contributed by atoms with van der Waals surface area (Å²) in [6, 6.07) is 7.05. The molecule has 1 aromatic heterocycles. The van der Waals surface area contributed by atoms with Crippen LogP contribution in [0.5, 0.6) is 0 Å². The number of rotatable bonds is 7. The van der Waals surface area contributed by atoms with Crippen molar-refractivity contribution in [1.29, 1.82) is 0 Å². The van der Waals surface area contributed by atoms with Crippen molar-refractivity contribution in [2.24, 2.45) is 5.92 Å². The third kappa shape index (κ3) is 4.18. The number of aliphatic carboxylic acids is 1. The van der Waals surface area contributed by atoms with Crippen molar-refractivity contribution in [2.75, 3.05) is 0 Å². The van der Waals surface area contributed by atoms with Crippen LogP contribution < -0.4 is 5.32 Å². The second-order valence-electron chi connectivity index (χ2n) is 5.73. The van der Waals surface area contributed by atoms with Crippen LogP contribution in [0.3, 0.4) is 0 Å². The molecule has 0 saturated carbocycles. The minimum atomic E-state index is -1.04. The Bertz CT molecular complexity index is 735. The van der Waals surface area contributed by atoms with Crippen molar-refractivity contribution >= 4 is 28.6 Å². The van der Waals surface area contributed by atoms with Gasteiger partial charge in [-0.1, -0.05) is 25.1 Å². The molecule has 2 atom stereocenters. The first-order valence-electron chi connectivity index (χ1n) is 7.46. The summed E-state index contributed by atoms with van der Waals surface area (Å²) in [5.74, 6) is -2.31. The van der Waals surface area contributed by atoms with E-state index in [9.17, 15) is 14.4 Å². The summed E-state index contributed by atoms with van der Waals surface area (Å²) in [6.45, 7) is 2.95. The number of carbonyl (C=O) groups is 3. The average molecular weight is 316 g/mol. The van der Waals surface area contributed by atoms with Crippen LogP contribution >= 0.6 is 0 Å². The maximum Gasteiger partial charge on any atom is 0.304 e. The Morgan fingerprint density at radius 1 is 1.26 bits per heavy atom. The largest absolute Gasteiger partial charge is 0.481 e. The van der Waals surface area contributed by atoms with Gasteiger partial charge in [0.1, 0.15) is 0 Å². The van der Waals surface area contributed by atoms with Gasteiger partial charge in [-0.2, -0.15) is 0 Å². The molecule has 0 radical (unpaired) electrons. The lowest BCUT2D eigenvalue weighted by molar-refractivity contribution is -0.141. The number of nitrogens with one attached hydrogen (secondary N) is 2. The van der Waals surface area contributed by atoms with Gasteiger partial charge in [-0.25, -0.2) is 0 Å². The highest BCUT2D eigenvalue weighted by atomic mass is 16.4. The number of aromatic nitrogens is 1. The molecule has 6 nitrogen and oxygen atoms in total. The van der Waals surface area contributed by atoms with Crippen molar-refractivity contribution in [3.05, 3.63) is 36.0 Å². The van der Waals surface area contributed by atoms with Crippen LogP contribution in [-0.4, -0.2) is 33.8 Å². The molecule has 0 aliphatic heterocycles. The van der Waals surface area contributed by atoms with E-state index in [0.717, 1.165) is 16.5 Å². The van der Waals surface area contributed by atoms with E-state index < -0.39 is 23.8 Å². The smallest absolute Gasteiger partial charge is 0.304 e. The van der Waals surface area contributed by atoms with E-state index >= 15 is 0 Å². The molecule has 0 saturated heterocycles. The first-order valence-corrected chi connectivity index (χ1v) is 7.46. The van der Waals surface area contributed by atoms with Crippen LogP contribution in [0, 0.1) is 5.92 Å². The minimum absolute atomic E-state index is 0.161. The molecule has 3 N–H and O–H groups in total. The molecule has 0 fully saturated rings. The number of carbonyl (C=O) groups excluding carboxylic acids is 2. The number of H-pyrrole nitrogens is 1. The van der Waals surface area contributed by atoms with Gasteiger partial charge in [0.15, 0.2) is 5.78 Å². The van der Waals surface area contributed by atoms with E-state index in [2.05, 4.69) is 10.3 Å². The zero-order valence-corrected chi connectivity index (χ0v) is 13.1. The Morgan fingerprint density at radius 3 is 2.61 bits per heavy atom. The Balaban J connectivity index is 2.11. The van der Waals surface area contributed by atoms with E-state index in [1.54, 1.807) is 0 Å². The highest BCUT2D eigenvalue weighted by molar-refractivity contribution is 5.91. The summed E-state index contributed by atoms with van der Waals surface area (Å²) in [5, 5.41) is 12.4. The van der Waals surface area contributed by atoms with Crippen molar-refractivity contribution in [1.82, 2.24) is 10.3 Å². The van der Waals surface area contributed by atoms with Gasteiger partial charge < -0.3 is 15.4 Å². The molecule has 0 aliphatic rings. The molecule has 0 spiro atoms. The number of fused-ring (bicyclic) bond motifs is 1. The highest BCUT2D eigenvalue weighted by Gasteiger charge is 2.23. The number of hydrogen-bond acceptors (Lipinski definition) is 3. The fourth-order valence-electron chi connectivity index (χ4n) is 2.49. The third-order valence-corrected chi connectivity index (χ3v) is 3.83. The number of hydrogen-bond donors (Lipinski definition) is 3. The molecule has 6 heteroatoms. The molecule has 122 valence electrons. The molecular formula is C17H20N2O4. The van der Waals surface area contributed by atoms with Gasteiger partial charge in [0.05, 0.1) is 12.5 Å². The van der Waals surface area contributed by atoms with Gasteiger partial charge in [0, 0.05) is 29.4 Å². The summed E-state index contributed by atoms with van der Waals surface area (Å²) >= 11 is 0. The van der Waals surface area contributed by atoms with E-state index in [1.807, 2.05) is 30.5 Å². The molecule has 1 heterocycles. The first-order chi connectivity index (χ1) is 10.9. The lowest BCUT2D eigenvalue weighted by Gasteiger charge is -2.18. The average Bonchev–Trinajstić information content (AvgIpc) is 2.89. The van der Waals surface area contributed by atoms with Crippen LogP contribution in [-0.2, 0) is 20.8 Å². The lowest BCUT2D eigenvalue weighted by Crippen LogP contribution is -2.44. The molecular weight excluding hydrogens is 296 g/mol. The normalized spacial score (nSPS) is 13.5. The summed E-state index contributed by atoms with van der Waals surface area (Å²) in [7, 11) is 0. The Hall–Kier alpha value is -2.63. The molecule has 1 amide bonds. The van der Waals surface area contributed by atoms with E-state index in [1.165, 1.54) is 13.8 Å². The number of carboxylic acids is 1. The van der Waals surface area contributed by atoms with E-state index in [0.29, 0.717) is 6.42 Å².